The molecule has 0 bridgehead atoms. The van der Waals surface area contributed by atoms with Crippen LogP contribution < -0.4 is 9.47 Å². The van der Waals surface area contributed by atoms with E-state index in [0.29, 0.717) is 0 Å². The lowest BCUT2D eigenvalue weighted by Gasteiger charge is -2.29. The third kappa shape index (κ3) is 6.29. The predicted octanol–water partition coefficient (Wildman–Crippen LogP) is 14.7. The summed E-state index contributed by atoms with van der Waals surface area (Å²) in [5, 5.41) is 7.35. The number of aromatic amines is 1. The van der Waals surface area contributed by atoms with Crippen LogP contribution in [0, 0.1) is 0 Å². The smallest absolute Gasteiger partial charge is 0.292 e. The Morgan fingerprint density at radius 2 is 0.985 bits per heavy atom. The van der Waals surface area contributed by atoms with E-state index in [-0.39, 0.29) is 12.1 Å². The van der Waals surface area contributed by atoms with E-state index < -0.39 is 0 Å². The highest BCUT2D eigenvalue weighted by atomic mass is 15.3. The van der Waals surface area contributed by atoms with Gasteiger partial charge >= 0.3 is 0 Å². The van der Waals surface area contributed by atoms with Gasteiger partial charge in [0.2, 0.25) is 0 Å². The summed E-state index contributed by atoms with van der Waals surface area (Å²) in [7, 11) is 0. The number of anilines is 1. The van der Waals surface area contributed by atoms with Crippen LogP contribution in [-0.4, -0.2) is 22.9 Å². The molecule has 1 N–H and O–H groups in total. The second kappa shape index (κ2) is 15.6. The second-order valence-corrected chi connectivity index (χ2v) is 17.3. The summed E-state index contributed by atoms with van der Waals surface area (Å²) in [6, 6.07) is 79.7. The van der Waals surface area contributed by atoms with Gasteiger partial charge in [-0.15, -0.1) is 0 Å². The topological polar surface area (TPSA) is 35.3 Å². The molecule has 2 unspecified atom stereocenters. The highest BCUT2D eigenvalue weighted by Gasteiger charge is 2.35. The largest absolute Gasteiger partial charge is 0.317 e. The van der Waals surface area contributed by atoms with Crippen molar-refractivity contribution in [2.75, 3.05) is 4.90 Å². The van der Waals surface area contributed by atoms with Crippen LogP contribution in [0.1, 0.15) is 5.56 Å². The van der Waals surface area contributed by atoms with Crippen LogP contribution in [0.2, 0.25) is 0 Å². The Kier molecular flexibility index (Phi) is 8.95. The Bertz CT molecular complexity index is 3750. The zero-order valence-electron chi connectivity index (χ0n) is 36.1. The number of hydrogen-bond donors (Lipinski definition) is 1. The summed E-state index contributed by atoms with van der Waals surface area (Å²) >= 11 is 0. The normalized spacial score (nSPS) is 15.5. The molecular weight excluding hydrogens is 801 g/mol. The minimum atomic E-state index is 0.0725. The Hall–Kier alpha value is -8.60. The molecule has 10 aromatic carbocycles. The van der Waals surface area contributed by atoms with Crippen molar-refractivity contribution in [1.82, 2.24) is 4.98 Å². The SMILES string of the molecule is C1=CC2N=C(c3ccc(-c4c5ccccc5c(-c5ccc(-c6[nH]c7ccccc7[n+]6-c6ccccc6)cc5)c5cc(-c6ccc7ccccc7c6)ccc45)cc3)N(c3ccccc3)C2C=C1. The van der Waals surface area contributed by atoms with Gasteiger partial charge in [-0.1, -0.05) is 182 Å². The van der Waals surface area contributed by atoms with Gasteiger partial charge in [0.15, 0.2) is 11.0 Å². The quantitative estimate of drug-likeness (QED) is 0.126. The van der Waals surface area contributed by atoms with Crippen molar-refractivity contribution >= 4 is 54.9 Å². The Morgan fingerprint density at radius 3 is 1.76 bits per heavy atom. The fraction of sp³-hybridized carbons (Fsp3) is 0.0323. The third-order valence-electron chi connectivity index (χ3n) is 13.5. The Labute approximate surface area is 383 Å². The van der Waals surface area contributed by atoms with Gasteiger partial charge in [0.25, 0.3) is 5.82 Å². The molecule has 11 aromatic rings. The number of imidazole rings is 1. The number of allylic oxidation sites excluding steroid dienone is 2. The number of benzene rings is 10. The lowest BCUT2D eigenvalue weighted by atomic mass is 9.84. The maximum Gasteiger partial charge on any atom is 0.292 e. The summed E-state index contributed by atoms with van der Waals surface area (Å²) in [4.78, 5) is 11.4. The molecule has 1 aliphatic carbocycles. The maximum atomic E-state index is 5.30. The summed E-state index contributed by atoms with van der Waals surface area (Å²) < 4.78 is 2.32. The first-order valence-electron chi connectivity index (χ1n) is 22.8. The van der Waals surface area contributed by atoms with Crippen molar-refractivity contribution in [2.24, 2.45) is 4.99 Å². The first-order valence-corrected chi connectivity index (χ1v) is 22.8. The van der Waals surface area contributed by atoms with Gasteiger partial charge in [-0.05, 0) is 126 Å². The molecule has 0 saturated carbocycles. The molecule has 13 rings (SSSR count). The number of H-pyrrole nitrogens is 1. The predicted molar refractivity (Wildman–Crippen MR) is 275 cm³/mol. The molecule has 4 heteroatoms. The molecule has 310 valence electrons. The van der Waals surface area contributed by atoms with Crippen LogP contribution in [0.4, 0.5) is 5.69 Å². The molecule has 2 aliphatic rings. The average molecular weight is 844 g/mol. The zero-order chi connectivity index (χ0) is 43.6. The van der Waals surface area contributed by atoms with Gasteiger partial charge < -0.3 is 4.90 Å². The third-order valence-corrected chi connectivity index (χ3v) is 13.5. The zero-order valence-corrected chi connectivity index (χ0v) is 36.1. The molecular formula is C62H43N4+. The number of nitrogens with one attached hydrogen (secondary N) is 1. The highest BCUT2D eigenvalue weighted by molar-refractivity contribution is 6.22. The molecule has 4 nitrogen and oxygen atoms in total. The molecule has 2 atom stereocenters. The van der Waals surface area contributed by atoms with E-state index in [1.165, 1.54) is 65.7 Å². The van der Waals surface area contributed by atoms with E-state index in [2.05, 4.69) is 257 Å². The van der Waals surface area contributed by atoms with E-state index in [0.717, 1.165) is 45.2 Å². The van der Waals surface area contributed by atoms with Crippen LogP contribution in [0.5, 0.6) is 0 Å². The number of nitrogens with zero attached hydrogens (tertiary/aromatic N) is 3. The highest BCUT2D eigenvalue weighted by Crippen LogP contribution is 2.45. The molecule has 1 aliphatic heterocycles. The van der Waals surface area contributed by atoms with Crippen molar-refractivity contribution < 1.29 is 4.57 Å². The summed E-state index contributed by atoms with van der Waals surface area (Å²) in [6.45, 7) is 0. The molecule has 0 amide bonds. The fourth-order valence-electron chi connectivity index (χ4n) is 10.4. The van der Waals surface area contributed by atoms with Gasteiger partial charge in [-0.3, -0.25) is 4.99 Å². The Balaban J connectivity index is 0.981. The van der Waals surface area contributed by atoms with E-state index >= 15 is 0 Å². The molecule has 1 aromatic heterocycles. The molecule has 66 heavy (non-hydrogen) atoms. The number of rotatable bonds is 7. The second-order valence-electron chi connectivity index (χ2n) is 17.3. The number of aromatic nitrogens is 2. The van der Waals surface area contributed by atoms with Crippen molar-refractivity contribution in [3.63, 3.8) is 0 Å². The summed E-state index contributed by atoms with van der Waals surface area (Å²) in [5.41, 5.74) is 13.9. The molecule has 2 heterocycles. The summed E-state index contributed by atoms with van der Waals surface area (Å²) in [6.07, 6.45) is 8.74. The van der Waals surface area contributed by atoms with E-state index in [4.69, 9.17) is 4.99 Å². The molecule has 0 spiro atoms. The Morgan fingerprint density at radius 1 is 0.424 bits per heavy atom. The number of amidine groups is 1. The van der Waals surface area contributed by atoms with E-state index in [1.54, 1.807) is 0 Å². The van der Waals surface area contributed by atoms with Crippen molar-refractivity contribution in [2.45, 2.75) is 12.1 Å². The van der Waals surface area contributed by atoms with Crippen LogP contribution in [0.25, 0.3) is 93.8 Å². The number of hydrogen-bond acceptors (Lipinski definition) is 2. The van der Waals surface area contributed by atoms with Crippen LogP contribution in [-0.2, 0) is 0 Å². The molecule has 0 saturated heterocycles. The lowest BCUT2D eigenvalue weighted by Crippen LogP contribution is -2.39. The number of aliphatic imine (C=N–C) groups is 1. The van der Waals surface area contributed by atoms with Crippen LogP contribution in [0.15, 0.2) is 248 Å². The van der Waals surface area contributed by atoms with Gasteiger partial charge in [-0.2, -0.15) is 4.57 Å². The van der Waals surface area contributed by atoms with Gasteiger partial charge in [0, 0.05) is 11.3 Å². The average Bonchev–Trinajstić information content (AvgIpc) is 3.98. The van der Waals surface area contributed by atoms with Gasteiger partial charge in [0.1, 0.15) is 11.5 Å². The lowest BCUT2D eigenvalue weighted by molar-refractivity contribution is -0.554. The summed E-state index contributed by atoms with van der Waals surface area (Å²) in [5.74, 6) is 2.04. The minimum absolute atomic E-state index is 0.0725. The van der Waals surface area contributed by atoms with Crippen molar-refractivity contribution in [3.8, 4) is 50.5 Å². The standard InChI is InChI=1S/C62H42N4/c1-3-17-49(18-4-1)65-57-25-13-11-23-55(57)63-61(65)44-32-28-42(29-33-44)59-51-21-9-10-22-52(51)60(54-40-48(37-38-53(54)59)47-36-27-41-15-7-8-16-46(41)39-47)43-30-34-45(35-31-43)62-64-56-24-12-14-26-58(56)66(62)50-19-5-2-6-20-50/h1-40,55,57H/p+1. The number of fused-ring (bicyclic) bond motifs is 5. The van der Waals surface area contributed by atoms with Gasteiger partial charge in [0.05, 0.1) is 17.6 Å². The van der Waals surface area contributed by atoms with Gasteiger partial charge in [-0.25, -0.2) is 4.98 Å². The number of para-hydroxylation sites is 4. The molecule has 0 fully saturated rings. The van der Waals surface area contributed by atoms with Crippen LogP contribution in [0.3, 0.4) is 0 Å². The van der Waals surface area contributed by atoms with Crippen LogP contribution >= 0.6 is 0 Å². The first-order chi connectivity index (χ1) is 32.7. The van der Waals surface area contributed by atoms with Crippen molar-refractivity contribution in [3.05, 3.63) is 248 Å². The van der Waals surface area contributed by atoms with Crippen molar-refractivity contribution in [1.29, 1.82) is 0 Å². The van der Waals surface area contributed by atoms with E-state index in [1.807, 2.05) is 0 Å². The molecule has 0 radical (unpaired) electrons. The van der Waals surface area contributed by atoms with E-state index in [9.17, 15) is 0 Å². The maximum absolute atomic E-state index is 5.30. The minimum Gasteiger partial charge on any atom is -0.317 e. The fourth-order valence-corrected chi connectivity index (χ4v) is 10.4. The monoisotopic (exact) mass is 843 g/mol. The first kappa shape index (κ1) is 37.9.